The zero-order valence-electron chi connectivity index (χ0n) is 12.1. The molecule has 0 amide bonds. The first-order chi connectivity index (χ1) is 8.91. The molecule has 0 heteroatoms. The predicted octanol–water partition coefficient (Wildman–Crippen LogP) is 5.49. The largest absolute Gasteiger partial charge is 0.103 e. The van der Waals surface area contributed by atoms with Crippen LogP contribution in [0.5, 0.6) is 0 Å². The van der Waals surface area contributed by atoms with Crippen molar-refractivity contribution in [2.75, 3.05) is 0 Å². The molecule has 0 saturated heterocycles. The summed E-state index contributed by atoms with van der Waals surface area (Å²) >= 11 is 0. The van der Waals surface area contributed by atoms with Crippen molar-refractivity contribution in [3.8, 4) is 23.7 Å². The summed E-state index contributed by atoms with van der Waals surface area (Å²) in [5, 5.41) is 0. The minimum absolute atomic E-state index is 0.972. The van der Waals surface area contributed by atoms with Gasteiger partial charge in [-0.05, 0) is 37.5 Å². The van der Waals surface area contributed by atoms with Gasteiger partial charge in [-0.15, -0.1) is 6.58 Å². The third-order valence-corrected chi connectivity index (χ3v) is 2.85. The highest BCUT2D eigenvalue weighted by Gasteiger charge is 1.87. The third kappa shape index (κ3) is 14.9. The summed E-state index contributed by atoms with van der Waals surface area (Å²) in [5.74, 6) is 12.1. The summed E-state index contributed by atoms with van der Waals surface area (Å²) in [6.07, 6.45) is 15.4. The molecule has 0 aliphatic heterocycles. The van der Waals surface area contributed by atoms with Crippen molar-refractivity contribution in [2.45, 2.75) is 77.6 Å². The summed E-state index contributed by atoms with van der Waals surface area (Å²) in [6, 6.07) is 0. The van der Waals surface area contributed by atoms with E-state index in [1.807, 2.05) is 6.08 Å². The van der Waals surface area contributed by atoms with E-state index in [2.05, 4.69) is 37.2 Å². The fourth-order valence-corrected chi connectivity index (χ4v) is 1.71. The molecule has 0 aliphatic rings. The Morgan fingerprint density at radius 3 is 1.94 bits per heavy atom. The molecule has 100 valence electrons. The van der Waals surface area contributed by atoms with Crippen LogP contribution in [0.1, 0.15) is 77.6 Å². The minimum Gasteiger partial charge on any atom is -0.103 e. The molecule has 0 atom stereocenters. The molecule has 0 rings (SSSR count). The Labute approximate surface area is 114 Å². The van der Waals surface area contributed by atoms with Gasteiger partial charge in [0.2, 0.25) is 0 Å². The van der Waals surface area contributed by atoms with Crippen molar-refractivity contribution in [3.63, 3.8) is 0 Å². The molecule has 0 heterocycles. The number of allylic oxidation sites excluding steroid dienone is 1. The molecule has 0 bridgehead atoms. The van der Waals surface area contributed by atoms with Crippen molar-refractivity contribution >= 4 is 0 Å². The van der Waals surface area contributed by atoms with E-state index in [1.54, 1.807) is 0 Å². The standard InChI is InChI=1S/C18H28/c1-3-5-7-9-11-13-15-17-18-16-14-12-10-8-6-4-2/h3H,1,4-12,14,16H2,2H3. The Balaban J connectivity index is 3.27. The van der Waals surface area contributed by atoms with Crippen LogP contribution in [0.2, 0.25) is 0 Å². The second kappa shape index (κ2) is 15.9. The van der Waals surface area contributed by atoms with E-state index in [0.29, 0.717) is 0 Å². The molecule has 0 fully saturated rings. The maximum absolute atomic E-state index is 3.70. The van der Waals surface area contributed by atoms with E-state index >= 15 is 0 Å². The topological polar surface area (TPSA) is 0 Å². The Kier molecular flexibility index (Phi) is 14.9. The van der Waals surface area contributed by atoms with Gasteiger partial charge in [0.1, 0.15) is 0 Å². The lowest BCUT2D eigenvalue weighted by Gasteiger charge is -1.96. The summed E-state index contributed by atoms with van der Waals surface area (Å²) in [6.45, 7) is 5.95. The normalized spacial score (nSPS) is 8.94. The smallest absolute Gasteiger partial charge is 0.00990 e. The fourth-order valence-electron chi connectivity index (χ4n) is 1.71. The van der Waals surface area contributed by atoms with Crippen LogP contribution in [0.4, 0.5) is 0 Å². The zero-order valence-corrected chi connectivity index (χ0v) is 12.1. The minimum atomic E-state index is 0.972. The maximum Gasteiger partial charge on any atom is 0.00990 e. The van der Waals surface area contributed by atoms with E-state index in [4.69, 9.17) is 0 Å². The lowest BCUT2D eigenvalue weighted by atomic mass is 10.1. The lowest BCUT2D eigenvalue weighted by molar-refractivity contribution is 0.614. The molecule has 0 nitrogen and oxygen atoms in total. The highest BCUT2D eigenvalue weighted by molar-refractivity contribution is 5.25. The molecular formula is C18H28. The van der Waals surface area contributed by atoms with Gasteiger partial charge < -0.3 is 0 Å². The second-order valence-electron chi connectivity index (χ2n) is 4.66. The Bertz CT molecular complexity index is 289. The summed E-state index contributed by atoms with van der Waals surface area (Å²) < 4.78 is 0. The Morgan fingerprint density at radius 2 is 1.33 bits per heavy atom. The van der Waals surface area contributed by atoms with Gasteiger partial charge in [0.25, 0.3) is 0 Å². The zero-order chi connectivity index (χ0) is 13.3. The van der Waals surface area contributed by atoms with Crippen molar-refractivity contribution in [1.29, 1.82) is 0 Å². The molecular weight excluding hydrogens is 216 g/mol. The first-order valence-corrected chi connectivity index (χ1v) is 7.48. The molecule has 0 aliphatic carbocycles. The molecule has 0 aromatic carbocycles. The summed E-state index contributed by atoms with van der Waals surface area (Å²) in [5.41, 5.74) is 0. The highest BCUT2D eigenvalue weighted by Crippen LogP contribution is 2.05. The Morgan fingerprint density at radius 1 is 0.778 bits per heavy atom. The lowest BCUT2D eigenvalue weighted by Crippen LogP contribution is -1.77. The van der Waals surface area contributed by atoms with Crippen LogP contribution in [-0.4, -0.2) is 0 Å². The van der Waals surface area contributed by atoms with Gasteiger partial charge >= 0.3 is 0 Å². The van der Waals surface area contributed by atoms with E-state index in [-0.39, 0.29) is 0 Å². The molecule has 0 unspecified atom stereocenters. The van der Waals surface area contributed by atoms with E-state index in [1.165, 1.54) is 44.9 Å². The molecule has 18 heavy (non-hydrogen) atoms. The highest BCUT2D eigenvalue weighted by atomic mass is 13.9. The first kappa shape index (κ1) is 16.9. The van der Waals surface area contributed by atoms with Crippen LogP contribution in [0, 0.1) is 23.7 Å². The fraction of sp³-hybridized carbons (Fsp3) is 0.667. The first-order valence-electron chi connectivity index (χ1n) is 7.48. The van der Waals surface area contributed by atoms with Crippen LogP contribution < -0.4 is 0 Å². The van der Waals surface area contributed by atoms with Gasteiger partial charge in [-0.25, -0.2) is 0 Å². The van der Waals surface area contributed by atoms with Crippen LogP contribution in [0.25, 0.3) is 0 Å². The average Bonchev–Trinajstić information content (AvgIpc) is 2.39. The summed E-state index contributed by atoms with van der Waals surface area (Å²) in [4.78, 5) is 0. The van der Waals surface area contributed by atoms with Crippen molar-refractivity contribution in [2.24, 2.45) is 0 Å². The van der Waals surface area contributed by atoms with Crippen LogP contribution in [-0.2, 0) is 0 Å². The van der Waals surface area contributed by atoms with Gasteiger partial charge in [0, 0.05) is 12.8 Å². The number of rotatable bonds is 10. The molecule has 0 N–H and O–H groups in total. The van der Waals surface area contributed by atoms with Gasteiger partial charge in [0.15, 0.2) is 0 Å². The van der Waals surface area contributed by atoms with Crippen molar-refractivity contribution in [3.05, 3.63) is 12.7 Å². The third-order valence-electron chi connectivity index (χ3n) is 2.85. The molecule has 0 aromatic heterocycles. The van der Waals surface area contributed by atoms with Crippen LogP contribution in [0.15, 0.2) is 12.7 Å². The number of hydrogen-bond acceptors (Lipinski definition) is 0. The van der Waals surface area contributed by atoms with Crippen LogP contribution >= 0.6 is 0 Å². The van der Waals surface area contributed by atoms with Gasteiger partial charge in [-0.2, -0.15) is 0 Å². The van der Waals surface area contributed by atoms with Crippen molar-refractivity contribution in [1.82, 2.24) is 0 Å². The van der Waals surface area contributed by atoms with E-state index in [0.717, 1.165) is 25.7 Å². The maximum atomic E-state index is 3.70. The van der Waals surface area contributed by atoms with Gasteiger partial charge in [0.05, 0.1) is 0 Å². The SMILES string of the molecule is C=CCCCCC#CC#CCCCCCCCC. The number of hydrogen-bond donors (Lipinski definition) is 0. The molecule has 0 saturated carbocycles. The molecule has 0 aromatic rings. The quantitative estimate of drug-likeness (QED) is 0.271. The van der Waals surface area contributed by atoms with Crippen molar-refractivity contribution < 1.29 is 0 Å². The summed E-state index contributed by atoms with van der Waals surface area (Å²) in [7, 11) is 0. The van der Waals surface area contributed by atoms with Gasteiger partial charge in [-0.1, -0.05) is 56.9 Å². The van der Waals surface area contributed by atoms with Gasteiger partial charge in [-0.3, -0.25) is 0 Å². The average molecular weight is 244 g/mol. The van der Waals surface area contributed by atoms with E-state index < -0.39 is 0 Å². The molecule has 0 radical (unpaired) electrons. The monoisotopic (exact) mass is 244 g/mol. The number of unbranched alkanes of at least 4 members (excludes halogenated alkanes) is 9. The second-order valence-corrected chi connectivity index (χ2v) is 4.66. The predicted molar refractivity (Wildman–Crippen MR) is 82.2 cm³/mol. The Hall–Kier alpha value is -1.14. The van der Waals surface area contributed by atoms with Crippen LogP contribution in [0.3, 0.4) is 0 Å². The molecule has 0 spiro atoms. The van der Waals surface area contributed by atoms with E-state index in [9.17, 15) is 0 Å².